The smallest absolute Gasteiger partial charge is 0.0107 e. The Bertz CT molecular complexity index is 205. The van der Waals surface area contributed by atoms with Crippen LogP contribution in [0.3, 0.4) is 0 Å². The molecule has 2 nitrogen and oxygen atoms in total. The number of nitrogens with zero attached hydrogens (tertiary/aromatic N) is 1. The van der Waals surface area contributed by atoms with Crippen LogP contribution in [0, 0.1) is 11.8 Å². The molecule has 3 atom stereocenters. The molecular weight excluding hydrogens is 220 g/mol. The van der Waals surface area contributed by atoms with Gasteiger partial charge in [-0.3, -0.25) is 0 Å². The number of rotatable bonds is 8. The lowest BCUT2D eigenvalue weighted by Crippen LogP contribution is -2.42. The van der Waals surface area contributed by atoms with Crippen molar-refractivity contribution in [2.45, 2.75) is 65.8 Å². The summed E-state index contributed by atoms with van der Waals surface area (Å²) in [6, 6.07) is 0.692. The van der Waals surface area contributed by atoms with E-state index in [0.29, 0.717) is 6.04 Å². The van der Waals surface area contributed by atoms with Crippen molar-refractivity contribution in [3.05, 3.63) is 0 Å². The molecule has 0 aromatic heterocycles. The summed E-state index contributed by atoms with van der Waals surface area (Å²) in [6.45, 7) is 14.4. The van der Waals surface area contributed by atoms with E-state index in [9.17, 15) is 0 Å². The maximum absolute atomic E-state index is 3.67. The molecule has 0 aromatic rings. The fourth-order valence-corrected chi connectivity index (χ4v) is 2.82. The maximum Gasteiger partial charge on any atom is 0.0107 e. The summed E-state index contributed by atoms with van der Waals surface area (Å²) in [4.78, 5) is 2.64. The van der Waals surface area contributed by atoms with E-state index in [1.165, 1.54) is 51.7 Å². The molecule has 3 unspecified atom stereocenters. The van der Waals surface area contributed by atoms with Crippen LogP contribution in [0.5, 0.6) is 0 Å². The molecule has 0 bridgehead atoms. The number of hydrogen-bond donors (Lipinski definition) is 1. The van der Waals surface area contributed by atoms with Gasteiger partial charge in [0.1, 0.15) is 0 Å². The Morgan fingerprint density at radius 2 is 2.00 bits per heavy atom. The Labute approximate surface area is 115 Å². The summed E-state index contributed by atoms with van der Waals surface area (Å²) < 4.78 is 0. The van der Waals surface area contributed by atoms with Crippen LogP contribution in [0.15, 0.2) is 0 Å². The molecule has 0 saturated carbocycles. The lowest BCUT2D eigenvalue weighted by atomic mass is 9.89. The first kappa shape index (κ1) is 16.0. The standard InChI is InChI=1S/C16H34N2/c1-5-6-7-8-16(4)17-10-12-18-11-9-14(2)15(3)13-18/h14-17H,5-13H2,1-4H3. The average Bonchev–Trinajstić information content (AvgIpc) is 2.34. The van der Waals surface area contributed by atoms with Crippen molar-refractivity contribution >= 4 is 0 Å². The fraction of sp³-hybridized carbons (Fsp3) is 1.00. The van der Waals surface area contributed by atoms with E-state index < -0.39 is 0 Å². The minimum absolute atomic E-state index is 0.692. The van der Waals surface area contributed by atoms with Crippen LogP contribution >= 0.6 is 0 Å². The fourth-order valence-electron chi connectivity index (χ4n) is 2.82. The quantitative estimate of drug-likeness (QED) is 0.667. The zero-order valence-corrected chi connectivity index (χ0v) is 13.0. The maximum atomic E-state index is 3.67. The average molecular weight is 254 g/mol. The zero-order chi connectivity index (χ0) is 13.4. The Morgan fingerprint density at radius 1 is 1.22 bits per heavy atom. The Balaban J connectivity index is 2.03. The van der Waals surface area contributed by atoms with Crippen molar-refractivity contribution in [1.29, 1.82) is 0 Å². The second-order valence-corrected chi connectivity index (χ2v) is 6.39. The summed E-state index contributed by atoms with van der Waals surface area (Å²) in [5.74, 6) is 1.79. The molecule has 1 aliphatic rings. The Morgan fingerprint density at radius 3 is 2.67 bits per heavy atom. The molecule has 0 radical (unpaired) electrons. The van der Waals surface area contributed by atoms with Crippen molar-refractivity contribution < 1.29 is 0 Å². The summed E-state index contributed by atoms with van der Waals surface area (Å²) in [5, 5.41) is 3.67. The van der Waals surface area contributed by atoms with Crippen LogP contribution in [-0.2, 0) is 0 Å². The SMILES string of the molecule is CCCCCC(C)NCCN1CCC(C)C(C)C1. The van der Waals surface area contributed by atoms with Gasteiger partial charge >= 0.3 is 0 Å². The highest BCUT2D eigenvalue weighted by molar-refractivity contribution is 4.75. The highest BCUT2D eigenvalue weighted by Crippen LogP contribution is 2.21. The van der Waals surface area contributed by atoms with E-state index in [1.807, 2.05) is 0 Å². The van der Waals surface area contributed by atoms with E-state index in [1.54, 1.807) is 0 Å². The van der Waals surface area contributed by atoms with E-state index >= 15 is 0 Å². The lowest BCUT2D eigenvalue weighted by molar-refractivity contribution is 0.138. The van der Waals surface area contributed by atoms with Gasteiger partial charge in [0.25, 0.3) is 0 Å². The van der Waals surface area contributed by atoms with Gasteiger partial charge in [-0.2, -0.15) is 0 Å². The van der Waals surface area contributed by atoms with Gasteiger partial charge in [-0.15, -0.1) is 0 Å². The molecule has 1 aliphatic heterocycles. The van der Waals surface area contributed by atoms with E-state index in [2.05, 4.69) is 37.9 Å². The normalized spacial score (nSPS) is 27.3. The van der Waals surface area contributed by atoms with Crippen molar-refractivity contribution in [1.82, 2.24) is 10.2 Å². The number of likely N-dealkylation sites (tertiary alicyclic amines) is 1. The highest BCUT2D eigenvalue weighted by atomic mass is 15.1. The Hall–Kier alpha value is -0.0800. The molecule has 1 rings (SSSR count). The summed E-state index contributed by atoms with van der Waals surface area (Å²) in [5.41, 5.74) is 0. The van der Waals surface area contributed by atoms with Gasteiger partial charge in [0.2, 0.25) is 0 Å². The minimum atomic E-state index is 0.692. The topological polar surface area (TPSA) is 15.3 Å². The minimum Gasteiger partial charge on any atom is -0.313 e. The van der Waals surface area contributed by atoms with Gasteiger partial charge in [-0.1, -0.05) is 40.0 Å². The molecule has 108 valence electrons. The van der Waals surface area contributed by atoms with Crippen LogP contribution in [-0.4, -0.2) is 37.1 Å². The van der Waals surface area contributed by atoms with E-state index in [4.69, 9.17) is 0 Å². The van der Waals surface area contributed by atoms with Gasteiger partial charge in [-0.05, 0) is 38.1 Å². The first-order valence-corrected chi connectivity index (χ1v) is 8.09. The number of unbranched alkanes of at least 4 members (excludes halogenated alkanes) is 2. The van der Waals surface area contributed by atoms with Gasteiger partial charge in [0.05, 0.1) is 0 Å². The van der Waals surface area contributed by atoms with Crippen LogP contribution in [0.1, 0.15) is 59.8 Å². The molecule has 0 aromatic carbocycles. The number of piperidine rings is 1. The third-order valence-corrected chi connectivity index (χ3v) is 4.58. The molecule has 0 spiro atoms. The Kier molecular flexibility index (Phi) is 7.92. The predicted molar refractivity (Wildman–Crippen MR) is 81.0 cm³/mol. The van der Waals surface area contributed by atoms with Gasteiger partial charge in [0, 0.05) is 25.7 Å². The zero-order valence-electron chi connectivity index (χ0n) is 13.0. The molecule has 1 N–H and O–H groups in total. The number of hydrogen-bond acceptors (Lipinski definition) is 2. The summed E-state index contributed by atoms with van der Waals surface area (Å²) in [6.07, 6.45) is 6.81. The molecule has 18 heavy (non-hydrogen) atoms. The number of nitrogens with one attached hydrogen (secondary N) is 1. The third-order valence-electron chi connectivity index (χ3n) is 4.58. The summed E-state index contributed by atoms with van der Waals surface area (Å²) in [7, 11) is 0. The molecule has 1 heterocycles. The van der Waals surface area contributed by atoms with Crippen molar-refractivity contribution in [3.8, 4) is 0 Å². The highest BCUT2D eigenvalue weighted by Gasteiger charge is 2.21. The van der Waals surface area contributed by atoms with Gasteiger partial charge < -0.3 is 10.2 Å². The van der Waals surface area contributed by atoms with E-state index in [0.717, 1.165) is 18.4 Å². The second-order valence-electron chi connectivity index (χ2n) is 6.39. The van der Waals surface area contributed by atoms with Gasteiger partial charge in [-0.25, -0.2) is 0 Å². The first-order chi connectivity index (χ1) is 8.63. The van der Waals surface area contributed by atoms with Crippen LogP contribution < -0.4 is 5.32 Å². The molecule has 2 heteroatoms. The molecule has 1 saturated heterocycles. The summed E-state index contributed by atoms with van der Waals surface area (Å²) >= 11 is 0. The van der Waals surface area contributed by atoms with Crippen molar-refractivity contribution in [2.75, 3.05) is 26.2 Å². The lowest BCUT2D eigenvalue weighted by Gasteiger charge is -2.35. The predicted octanol–water partition coefficient (Wildman–Crippen LogP) is 3.52. The van der Waals surface area contributed by atoms with Crippen LogP contribution in [0.4, 0.5) is 0 Å². The largest absolute Gasteiger partial charge is 0.313 e. The second kappa shape index (κ2) is 8.92. The van der Waals surface area contributed by atoms with Crippen molar-refractivity contribution in [2.24, 2.45) is 11.8 Å². The van der Waals surface area contributed by atoms with Crippen LogP contribution in [0.25, 0.3) is 0 Å². The van der Waals surface area contributed by atoms with E-state index in [-0.39, 0.29) is 0 Å². The first-order valence-electron chi connectivity index (χ1n) is 8.09. The monoisotopic (exact) mass is 254 g/mol. The van der Waals surface area contributed by atoms with Crippen molar-refractivity contribution in [3.63, 3.8) is 0 Å². The third kappa shape index (κ3) is 6.19. The molecule has 1 fully saturated rings. The van der Waals surface area contributed by atoms with Crippen LogP contribution in [0.2, 0.25) is 0 Å². The molecule has 0 aliphatic carbocycles. The van der Waals surface area contributed by atoms with Gasteiger partial charge in [0.15, 0.2) is 0 Å². The molecule has 0 amide bonds. The molecular formula is C16H34N2.